The molecule has 0 radical (unpaired) electrons. The van der Waals surface area contributed by atoms with Crippen molar-refractivity contribution in [2.45, 2.75) is 0 Å². The number of fused-ring (bicyclic) bond motifs is 1. The van der Waals surface area contributed by atoms with E-state index in [1.807, 2.05) is 6.07 Å². The van der Waals surface area contributed by atoms with Gasteiger partial charge in [0.2, 0.25) is 5.95 Å². The number of anilines is 1. The number of hydrogen-bond donors (Lipinski definition) is 1. The van der Waals surface area contributed by atoms with E-state index in [2.05, 4.69) is 20.9 Å². The molecule has 0 aliphatic heterocycles. The molecule has 0 aliphatic rings. The summed E-state index contributed by atoms with van der Waals surface area (Å²) < 4.78 is 29.0. The zero-order valence-electron chi connectivity index (χ0n) is 9.57. The highest BCUT2D eigenvalue weighted by Crippen LogP contribution is 2.26. The lowest BCUT2D eigenvalue weighted by Gasteiger charge is -2.07. The number of imidazole rings is 1. The van der Waals surface area contributed by atoms with Crippen LogP contribution in [-0.2, 0) is 0 Å². The van der Waals surface area contributed by atoms with E-state index in [9.17, 15) is 8.78 Å². The van der Waals surface area contributed by atoms with Crippen LogP contribution in [0.4, 0.5) is 14.7 Å². The monoisotopic (exact) mass is 323 g/mol. The van der Waals surface area contributed by atoms with Gasteiger partial charge >= 0.3 is 0 Å². The van der Waals surface area contributed by atoms with Gasteiger partial charge in [-0.2, -0.15) is 0 Å². The molecule has 1 heterocycles. The van der Waals surface area contributed by atoms with Crippen LogP contribution in [0.2, 0.25) is 0 Å². The molecule has 2 N–H and O–H groups in total. The van der Waals surface area contributed by atoms with Crippen molar-refractivity contribution in [2.24, 2.45) is 0 Å². The standard InChI is InChI=1S/C13H8BrF2N3/c14-7-1-2-12-11(3-7)18-13(17)19(12)10-5-8(15)4-9(16)6-10/h1-6H,(H2,17,18). The Morgan fingerprint density at radius 3 is 2.42 bits per heavy atom. The lowest BCUT2D eigenvalue weighted by Crippen LogP contribution is -2.01. The fourth-order valence-electron chi connectivity index (χ4n) is 2.01. The molecule has 0 fully saturated rings. The molecule has 0 saturated heterocycles. The highest BCUT2D eigenvalue weighted by molar-refractivity contribution is 9.10. The second-order valence-electron chi connectivity index (χ2n) is 4.07. The number of benzene rings is 2. The minimum absolute atomic E-state index is 0.179. The van der Waals surface area contributed by atoms with E-state index in [4.69, 9.17) is 5.73 Å². The maximum absolute atomic E-state index is 13.3. The normalized spacial score (nSPS) is 11.1. The van der Waals surface area contributed by atoms with Crippen LogP contribution in [0.15, 0.2) is 40.9 Å². The minimum atomic E-state index is -0.659. The van der Waals surface area contributed by atoms with Crippen LogP contribution in [0.3, 0.4) is 0 Å². The smallest absolute Gasteiger partial charge is 0.205 e. The summed E-state index contributed by atoms with van der Waals surface area (Å²) in [5.74, 6) is -1.14. The predicted octanol–water partition coefficient (Wildman–Crippen LogP) is 3.65. The molecule has 0 unspecified atom stereocenters. The Labute approximate surface area is 115 Å². The Morgan fingerprint density at radius 1 is 1.05 bits per heavy atom. The zero-order chi connectivity index (χ0) is 13.6. The van der Waals surface area contributed by atoms with Gasteiger partial charge in [-0.05, 0) is 30.3 Å². The zero-order valence-corrected chi connectivity index (χ0v) is 11.2. The highest BCUT2D eigenvalue weighted by Gasteiger charge is 2.12. The molecule has 3 aromatic rings. The van der Waals surface area contributed by atoms with Crippen LogP contribution in [0.25, 0.3) is 16.7 Å². The summed E-state index contributed by atoms with van der Waals surface area (Å²) in [6.07, 6.45) is 0. The topological polar surface area (TPSA) is 43.8 Å². The predicted molar refractivity (Wildman–Crippen MR) is 73.1 cm³/mol. The van der Waals surface area contributed by atoms with Crippen LogP contribution in [0.5, 0.6) is 0 Å². The van der Waals surface area contributed by atoms with Crippen molar-refractivity contribution in [1.82, 2.24) is 9.55 Å². The van der Waals surface area contributed by atoms with Gasteiger partial charge in [0.25, 0.3) is 0 Å². The molecule has 1 aromatic heterocycles. The first-order valence-corrected chi connectivity index (χ1v) is 6.24. The third-order valence-electron chi connectivity index (χ3n) is 2.75. The quantitative estimate of drug-likeness (QED) is 0.742. The van der Waals surface area contributed by atoms with Gasteiger partial charge in [0.15, 0.2) is 0 Å². The molecule has 0 atom stereocenters. The van der Waals surface area contributed by atoms with Crippen molar-refractivity contribution < 1.29 is 8.78 Å². The average Bonchev–Trinajstić information content (AvgIpc) is 2.62. The van der Waals surface area contributed by atoms with Gasteiger partial charge in [0.1, 0.15) is 11.6 Å². The maximum Gasteiger partial charge on any atom is 0.205 e. The lowest BCUT2D eigenvalue weighted by atomic mass is 10.2. The molecule has 0 spiro atoms. The number of hydrogen-bond acceptors (Lipinski definition) is 2. The van der Waals surface area contributed by atoms with Crippen molar-refractivity contribution >= 4 is 32.9 Å². The summed E-state index contributed by atoms with van der Waals surface area (Å²) in [4.78, 5) is 4.18. The van der Waals surface area contributed by atoms with Crippen molar-refractivity contribution in [2.75, 3.05) is 5.73 Å². The van der Waals surface area contributed by atoms with E-state index in [-0.39, 0.29) is 5.95 Å². The largest absolute Gasteiger partial charge is 0.369 e. The molecule has 3 nitrogen and oxygen atoms in total. The summed E-state index contributed by atoms with van der Waals surface area (Å²) in [5.41, 5.74) is 7.47. The van der Waals surface area contributed by atoms with E-state index in [1.165, 1.54) is 16.7 Å². The van der Waals surface area contributed by atoms with E-state index in [0.29, 0.717) is 16.7 Å². The minimum Gasteiger partial charge on any atom is -0.369 e. The number of nitrogens with zero attached hydrogens (tertiary/aromatic N) is 2. The first-order valence-electron chi connectivity index (χ1n) is 5.44. The second kappa shape index (κ2) is 4.31. The molecular formula is C13H8BrF2N3. The van der Waals surface area contributed by atoms with Gasteiger partial charge < -0.3 is 5.73 Å². The first kappa shape index (κ1) is 12.1. The van der Waals surface area contributed by atoms with E-state index in [1.54, 1.807) is 12.1 Å². The van der Waals surface area contributed by atoms with Crippen molar-refractivity contribution in [3.8, 4) is 5.69 Å². The third kappa shape index (κ3) is 2.08. The average molecular weight is 324 g/mol. The summed E-state index contributed by atoms with van der Waals surface area (Å²) in [6, 6.07) is 8.62. The Morgan fingerprint density at radius 2 is 1.74 bits per heavy atom. The molecule has 0 aliphatic carbocycles. The van der Waals surface area contributed by atoms with Crippen LogP contribution >= 0.6 is 15.9 Å². The molecule has 3 rings (SSSR count). The Bertz CT molecular complexity index is 763. The van der Waals surface area contributed by atoms with E-state index in [0.717, 1.165) is 10.5 Å². The van der Waals surface area contributed by atoms with Crippen molar-refractivity contribution in [3.05, 3.63) is 52.5 Å². The first-order chi connectivity index (χ1) is 9.04. The number of rotatable bonds is 1. The summed E-state index contributed by atoms with van der Waals surface area (Å²) >= 11 is 3.34. The van der Waals surface area contributed by atoms with Crippen molar-refractivity contribution in [3.63, 3.8) is 0 Å². The van der Waals surface area contributed by atoms with E-state index < -0.39 is 11.6 Å². The highest BCUT2D eigenvalue weighted by atomic mass is 79.9. The molecular weight excluding hydrogens is 316 g/mol. The van der Waals surface area contributed by atoms with Crippen molar-refractivity contribution in [1.29, 1.82) is 0 Å². The molecule has 19 heavy (non-hydrogen) atoms. The summed E-state index contributed by atoms with van der Waals surface area (Å²) in [7, 11) is 0. The Balaban J connectivity index is 2.32. The van der Waals surface area contributed by atoms with Crippen LogP contribution in [0, 0.1) is 11.6 Å². The second-order valence-corrected chi connectivity index (χ2v) is 4.98. The molecule has 0 amide bonds. The summed E-state index contributed by atoms with van der Waals surface area (Å²) in [6.45, 7) is 0. The molecule has 0 bridgehead atoms. The van der Waals surface area contributed by atoms with Gasteiger partial charge in [0, 0.05) is 10.5 Å². The van der Waals surface area contributed by atoms with Crippen LogP contribution in [-0.4, -0.2) is 9.55 Å². The van der Waals surface area contributed by atoms with Gasteiger partial charge in [-0.3, -0.25) is 4.57 Å². The van der Waals surface area contributed by atoms with Gasteiger partial charge in [-0.25, -0.2) is 13.8 Å². The van der Waals surface area contributed by atoms with Gasteiger partial charge in [-0.1, -0.05) is 15.9 Å². The Kier molecular flexibility index (Phi) is 2.74. The molecule has 96 valence electrons. The SMILES string of the molecule is Nc1nc2cc(Br)ccc2n1-c1cc(F)cc(F)c1. The van der Waals surface area contributed by atoms with Crippen LogP contribution in [0.1, 0.15) is 0 Å². The molecule has 6 heteroatoms. The summed E-state index contributed by atoms with van der Waals surface area (Å²) in [5, 5.41) is 0. The fraction of sp³-hybridized carbons (Fsp3) is 0. The molecule has 2 aromatic carbocycles. The number of nitrogens with two attached hydrogens (primary N) is 1. The fourth-order valence-corrected chi connectivity index (χ4v) is 2.36. The van der Waals surface area contributed by atoms with Crippen LogP contribution < -0.4 is 5.73 Å². The third-order valence-corrected chi connectivity index (χ3v) is 3.24. The van der Waals surface area contributed by atoms with Gasteiger partial charge in [0.05, 0.1) is 16.7 Å². The number of nitrogen functional groups attached to an aromatic ring is 1. The molecule has 0 saturated carbocycles. The maximum atomic E-state index is 13.3. The van der Waals surface area contributed by atoms with E-state index >= 15 is 0 Å². The lowest BCUT2D eigenvalue weighted by molar-refractivity contribution is 0.582. The number of aromatic nitrogens is 2. The Hall–Kier alpha value is -1.95. The van der Waals surface area contributed by atoms with Gasteiger partial charge in [-0.15, -0.1) is 0 Å². The number of halogens is 3.